The molecule has 0 aromatic heterocycles. The lowest BCUT2D eigenvalue weighted by atomic mass is 10.0. The summed E-state index contributed by atoms with van der Waals surface area (Å²) in [5.41, 5.74) is 0. The van der Waals surface area contributed by atoms with Gasteiger partial charge < -0.3 is 15.2 Å². The number of aliphatic carboxylic acids is 1. The van der Waals surface area contributed by atoms with Crippen molar-refractivity contribution in [2.24, 2.45) is 0 Å². The van der Waals surface area contributed by atoms with E-state index in [4.69, 9.17) is 9.84 Å². The van der Waals surface area contributed by atoms with Crippen molar-refractivity contribution >= 4 is 17.8 Å². The summed E-state index contributed by atoms with van der Waals surface area (Å²) >= 11 is 0. The van der Waals surface area contributed by atoms with Crippen molar-refractivity contribution in [3.05, 3.63) is 48.6 Å². The van der Waals surface area contributed by atoms with Gasteiger partial charge in [-0.1, -0.05) is 172 Å². The van der Waals surface area contributed by atoms with E-state index in [1.807, 2.05) is 6.08 Å². The third kappa shape index (κ3) is 40.1. The molecule has 0 aromatic carbocycles. The van der Waals surface area contributed by atoms with E-state index in [9.17, 15) is 14.4 Å². The van der Waals surface area contributed by atoms with E-state index < -0.39 is 5.97 Å². The monoisotopic (exact) mass is 728 g/mol. The Hall–Kier alpha value is -2.63. The van der Waals surface area contributed by atoms with Crippen molar-refractivity contribution < 1.29 is 24.2 Å². The molecule has 0 aliphatic heterocycles. The fourth-order valence-corrected chi connectivity index (χ4v) is 6.27. The number of rotatable bonds is 39. The van der Waals surface area contributed by atoms with E-state index in [0.29, 0.717) is 12.8 Å². The molecule has 1 atom stereocenters. The van der Waals surface area contributed by atoms with Crippen molar-refractivity contribution in [2.45, 2.75) is 219 Å². The number of carboxylic acids is 1. The van der Waals surface area contributed by atoms with Gasteiger partial charge in [-0.2, -0.15) is 0 Å². The number of amides is 1. The summed E-state index contributed by atoms with van der Waals surface area (Å²) in [5, 5.41) is 11.1. The van der Waals surface area contributed by atoms with Crippen LogP contribution in [0, 0.1) is 0 Å². The highest BCUT2D eigenvalue weighted by Gasteiger charge is 2.12. The van der Waals surface area contributed by atoms with Gasteiger partial charge in [-0.15, -0.1) is 0 Å². The fraction of sp³-hybridized carbons (Fsp3) is 0.761. The second-order valence-electron chi connectivity index (χ2n) is 14.6. The highest BCUT2D eigenvalue weighted by atomic mass is 16.5. The molecule has 1 amide bonds. The van der Waals surface area contributed by atoms with Crippen LogP contribution in [0.4, 0.5) is 0 Å². The first-order valence-corrected chi connectivity index (χ1v) is 21.8. The molecule has 6 heteroatoms. The summed E-state index contributed by atoms with van der Waals surface area (Å²) in [6.07, 6.45) is 52.7. The molecule has 2 N–H and O–H groups in total. The SMILES string of the molecule is CC/C=C\C/C=C\C/C=C\C(CCCCCCC(=O)NCC(=O)O)OC(=O)CCCCCCCCCCCCC/C=C\CCCCCCCCCC. The third-order valence-corrected chi connectivity index (χ3v) is 9.47. The summed E-state index contributed by atoms with van der Waals surface area (Å²) in [7, 11) is 0. The Kier molecular flexibility index (Phi) is 39.1. The van der Waals surface area contributed by atoms with Crippen LogP contribution < -0.4 is 5.32 Å². The van der Waals surface area contributed by atoms with Gasteiger partial charge in [-0.3, -0.25) is 14.4 Å². The van der Waals surface area contributed by atoms with Gasteiger partial charge in [0.2, 0.25) is 5.91 Å². The summed E-state index contributed by atoms with van der Waals surface area (Å²) in [6.45, 7) is 4.08. The van der Waals surface area contributed by atoms with Gasteiger partial charge in [0, 0.05) is 12.8 Å². The highest BCUT2D eigenvalue weighted by molar-refractivity contribution is 5.80. The first-order valence-electron chi connectivity index (χ1n) is 21.8. The smallest absolute Gasteiger partial charge is 0.322 e. The molecule has 52 heavy (non-hydrogen) atoms. The lowest BCUT2D eigenvalue weighted by molar-refractivity contribution is -0.147. The molecule has 0 rings (SSSR count). The molecule has 0 radical (unpaired) electrons. The maximum atomic E-state index is 12.7. The molecule has 0 bridgehead atoms. The molecule has 1 unspecified atom stereocenters. The number of hydrogen-bond donors (Lipinski definition) is 2. The number of esters is 1. The Morgan fingerprint density at radius 2 is 1.00 bits per heavy atom. The lowest BCUT2D eigenvalue weighted by Crippen LogP contribution is -2.28. The van der Waals surface area contributed by atoms with Gasteiger partial charge in [0.25, 0.3) is 0 Å². The molecule has 6 nitrogen and oxygen atoms in total. The first-order chi connectivity index (χ1) is 25.5. The van der Waals surface area contributed by atoms with Gasteiger partial charge in [0.05, 0.1) is 0 Å². The molecular formula is C46H81NO5. The van der Waals surface area contributed by atoms with E-state index in [1.54, 1.807) is 0 Å². The Morgan fingerprint density at radius 1 is 0.538 bits per heavy atom. The van der Waals surface area contributed by atoms with E-state index in [0.717, 1.165) is 64.2 Å². The summed E-state index contributed by atoms with van der Waals surface area (Å²) in [5.74, 6) is -1.36. The zero-order chi connectivity index (χ0) is 38.0. The number of allylic oxidation sites excluding steroid dienone is 7. The summed E-state index contributed by atoms with van der Waals surface area (Å²) in [6, 6.07) is 0. The highest BCUT2D eigenvalue weighted by Crippen LogP contribution is 2.16. The predicted molar refractivity (Wildman–Crippen MR) is 222 cm³/mol. The maximum absolute atomic E-state index is 12.7. The van der Waals surface area contributed by atoms with Crippen molar-refractivity contribution in [1.29, 1.82) is 0 Å². The quantitative estimate of drug-likeness (QED) is 0.0373. The molecule has 0 spiro atoms. The van der Waals surface area contributed by atoms with Gasteiger partial charge >= 0.3 is 11.9 Å². The molecule has 300 valence electrons. The second kappa shape index (κ2) is 41.1. The standard InChI is InChI=1S/C46H81NO5/c1-3-5-7-9-11-13-14-15-16-17-18-19-20-21-22-23-24-25-26-27-29-31-37-41-46(51)52-43(38-34-30-28-12-10-8-6-4-2)39-35-32-33-36-40-44(48)47-42-45(49)50/h6,8,12,17-18,28,34,38,43H,3-5,7,9-11,13-16,19-27,29-33,35-37,39-42H2,1-2H3,(H,47,48)(H,49,50)/b8-6-,18-17-,28-12-,38-34-. The fourth-order valence-electron chi connectivity index (χ4n) is 6.27. The largest absolute Gasteiger partial charge is 0.480 e. The average molecular weight is 728 g/mol. The van der Waals surface area contributed by atoms with Gasteiger partial charge in [0.15, 0.2) is 0 Å². The van der Waals surface area contributed by atoms with Crippen molar-refractivity contribution in [2.75, 3.05) is 6.54 Å². The van der Waals surface area contributed by atoms with Crippen LogP contribution in [0.25, 0.3) is 0 Å². The minimum Gasteiger partial charge on any atom is -0.480 e. The van der Waals surface area contributed by atoms with Crippen LogP contribution >= 0.6 is 0 Å². The van der Waals surface area contributed by atoms with Crippen LogP contribution in [0.3, 0.4) is 0 Å². The number of ether oxygens (including phenoxy) is 1. The zero-order valence-corrected chi connectivity index (χ0v) is 33.9. The summed E-state index contributed by atoms with van der Waals surface area (Å²) in [4.78, 5) is 34.9. The van der Waals surface area contributed by atoms with E-state index in [-0.39, 0.29) is 24.5 Å². The lowest BCUT2D eigenvalue weighted by Gasteiger charge is -2.14. The van der Waals surface area contributed by atoms with Gasteiger partial charge in [-0.25, -0.2) is 0 Å². The molecule has 0 aromatic rings. The number of nitrogens with one attached hydrogen (secondary N) is 1. The molecule has 0 aliphatic rings. The summed E-state index contributed by atoms with van der Waals surface area (Å²) < 4.78 is 5.87. The minimum absolute atomic E-state index is 0.107. The van der Waals surface area contributed by atoms with Crippen molar-refractivity contribution in [1.82, 2.24) is 5.32 Å². The molecular weight excluding hydrogens is 647 g/mol. The van der Waals surface area contributed by atoms with Gasteiger partial charge in [0.1, 0.15) is 12.6 Å². The van der Waals surface area contributed by atoms with E-state index in [2.05, 4.69) is 61.7 Å². The minimum atomic E-state index is -1.03. The van der Waals surface area contributed by atoms with E-state index >= 15 is 0 Å². The molecule has 0 saturated carbocycles. The maximum Gasteiger partial charge on any atom is 0.322 e. The number of carboxylic acid groups (broad SMARTS) is 1. The normalized spacial score (nSPS) is 12.5. The Balaban J connectivity index is 3.96. The number of carbonyl (C=O) groups excluding carboxylic acids is 2. The van der Waals surface area contributed by atoms with Crippen molar-refractivity contribution in [3.63, 3.8) is 0 Å². The third-order valence-electron chi connectivity index (χ3n) is 9.47. The van der Waals surface area contributed by atoms with Crippen LogP contribution in [-0.4, -0.2) is 35.6 Å². The first kappa shape index (κ1) is 49.4. The van der Waals surface area contributed by atoms with Crippen LogP contribution in [-0.2, 0) is 19.1 Å². The Bertz CT molecular complexity index is 937. The molecule has 0 aliphatic carbocycles. The number of unbranched alkanes of at least 4 members (excludes halogenated alkanes) is 22. The topological polar surface area (TPSA) is 92.7 Å². The van der Waals surface area contributed by atoms with Crippen LogP contribution in [0.1, 0.15) is 213 Å². The Labute approximate surface area is 320 Å². The Morgan fingerprint density at radius 3 is 1.54 bits per heavy atom. The average Bonchev–Trinajstić information content (AvgIpc) is 3.13. The molecule has 0 heterocycles. The zero-order valence-electron chi connectivity index (χ0n) is 33.9. The van der Waals surface area contributed by atoms with Crippen LogP contribution in [0.5, 0.6) is 0 Å². The number of carbonyl (C=O) groups is 3. The number of hydrogen-bond acceptors (Lipinski definition) is 4. The van der Waals surface area contributed by atoms with Crippen LogP contribution in [0.2, 0.25) is 0 Å². The van der Waals surface area contributed by atoms with Gasteiger partial charge in [-0.05, 0) is 76.7 Å². The second-order valence-corrected chi connectivity index (χ2v) is 14.6. The molecule has 0 saturated heterocycles. The predicted octanol–water partition coefficient (Wildman–Crippen LogP) is 13.5. The van der Waals surface area contributed by atoms with Crippen molar-refractivity contribution in [3.8, 4) is 0 Å². The molecule has 0 fully saturated rings. The van der Waals surface area contributed by atoms with E-state index in [1.165, 1.54) is 122 Å². The van der Waals surface area contributed by atoms with Crippen LogP contribution in [0.15, 0.2) is 48.6 Å².